The summed E-state index contributed by atoms with van der Waals surface area (Å²) in [7, 11) is 1.64. The highest BCUT2D eigenvalue weighted by atomic mass is 32.1. The van der Waals surface area contributed by atoms with E-state index in [0.717, 1.165) is 23.4 Å². The Labute approximate surface area is 138 Å². The van der Waals surface area contributed by atoms with Gasteiger partial charge in [0.15, 0.2) is 10.7 Å². The van der Waals surface area contributed by atoms with Gasteiger partial charge in [-0.3, -0.25) is 4.40 Å². The summed E-state index contributed by atoms with van der Waals surface area (Å²) in [6, 6.07) is 6.17. The molecular formula is C17H18N2O3S. The van der Waals surface area contributed by atoms with Crippen LogP contribution < -0.4 is 4.74 Å². The molecule has 0 saturated carbocycles. The SMILES string of the molecule is CCC(C)c1ccc(OC)c(-c2csc3nc(C(=O)O)cn23)c1. The molecule has 0 aliphatic carbocycles. The maximum Gasteiger partial charge on any atom is 0.356 e. The number of thiazole rings is 1. The summed E-state index contributed by atoms with van der Waals surface area (Å²) in [6.07, 6.45) is 2.61. The van der Waals surface area contributed by atoms with Gasteiger partial charge in [-0.2, -0.15) is 0 Å². The van der Waals surface area contributed by atoms with Gasteiger partial charge in [0, 0.05) is 17.1 Å². The zero-order valence-electron chi connectivity index (χ0n) is 13.2. The maximum absolute atomic E-state index is 11.1. The number of imidazole rings is 1. The third-order valence-corrected chi connectivity index (χ3v) is 4.95. The molecule has 0 bridgehead atoms. The number of benzene rings is 1. The van der Waals surface area contributed by atoms with Gasteiger partial charge in [-0.25, -0.2) is 9.78 Å². The van der Waals surface area contributed by atoms with Crippen molar-refractivity contribution in [3.8, 4) is 17.0 Å². The minimum atomic E-state index is -1.02. The van der Waals surface area contributed by atoms with Gasteiger partial charge < -0.3 is 9.84 Å². The van der Waals surface area contributed by atoms with Crippen LogP contribution in [0, 0.1) is 0 Å². The Balaban J connectivity index is 2.18. The summed E-state index contributed by atoms with van der Waals surface area (Å²) in [4.78, 5) is 15.9. The molecule has 0 aliphatic rings. The van der Waals surface area contributed by atoms with Crippen molar-refractivity contribution < 1.29 is 14.6 Å². The molecule has 0 amide bonds. The summed E-state index contributed by atoms with van der Waals surface area (Å²) in [5, 5.41) is 11.1. The molecule has 3 rings (SSSR count). The van der Waals surface area contributed by atoms with E-state index in [4.69, 9.17) is 9.84 Å². The summed E-state index contributed by atoms with van der Waals surface area (Å²) in [5.74, 6) is 0.195. The lowest BCUT2D eigenvalue weighted by atomic mass is 9.96. The van der Waals surface area contributed by atoms with E-state index in [9.17, 15) is 4.79 Å². The highest BCUT2D eigenvalue weighted by Crippen LogP contribution is 2.36. The van der Waals surface area contributed by atoms with Gasteiger partial charge in [0.2, 0.25) is 0 Å². The first kappa shape index (κ1) is 15.6. The van der Waals surface area contributed by atoms with Gasteiger partial charge in [-0.15, -0.1) is 11.3 Å². The van der Waals surface area contributed by atoms with Crippen LogP contribution in [0.1, 0.15) is 42.2 Å². The third-order valence-electron chi connectivity index (χ3n) is 4.11. The quantitative estimate of drug-likeness (QED) is 0.758. The van der Waals surface area contributed by atoms with E-state index in [0.29, 0.717) is 10.9 Å². The summed E-state index contributed by atoms with van der Waals surface area (Å²) >= 11 is 1.42. The number of nitrogens with zero attached hydrogens (tertiary/aromatic N) is 2. The lowest BCUT2D eigenvalue weighted by Crippen LogP contribution is -1.97. The first-order chi connectivity index (χ1) is 11.0. The van der Waals surface area contributed by atoms with Crippen molar-refractivity contribution in [2.45, 2.75) is 26.2 Å². The highest BCUT2D eigenvalue weighted by Gasteiger charge is 2.17. The number of fused-ring (bicyclic) bond motifs is 1. The van der Waals surface area contributed by atoms with E-state index < -0.39 is 5.97 Å². The lowest BCUT2D eigenvalue weighted by Gasteiger charge is -2.14. The van der Waals surface area contributed by atoms with Crippen LogP contribution in [0.2, 0.25) is 0 Å². The van der Waals surface area contributed by atoms with Gasteiger partial charge >= 0.3 is 5.97 Å². The zero-order valence-corrected chi connectivity index (χ0v) is 14.1. The summed E-state index contributed by atoms with van der Waals surface area (Å²) in [5.41, 5.74) is 3.13. The van der Waals surface area contributed by atoms with Crippen molar-refractivity contribution in [2.75, 3.05) is 7.11 Å². The fourth-order valence-electron chi connectivity index (χ4n) is 2.55. The molecule has 1 aromatic carbocycles. The van der Waals surface area contributed by atoms with E-state index in [1.807, 2.05) is 15.8 Å². The Morgan fingerprint density at radius 1 is 1.48 bits per heavy atom. The van der Waals surface area contributed by atoms with Crippen LogP contribution in [0.4, 0.5) is 0 Å². The van der Waals surface area contributed by atoms with Crippen LogP contribution in [-0.4, -0.2) is 27.6 Å². The standard InChI is InChI=1S/C17H18N2O3S/c1-4-10(2)11-5-6-15(22-3)12(7-11)14-9-23-17-18-13(16(20)21)8-19(14)17/h5-10H,4H2,1-3H3,(H,20,21). The maximum atomic E-state index is 11.1. The molecule has 0 saturated heterocycles. The Kier molecular flexibility index (Phi) is 4.09. The number of aromatic carboxylic acids is 1. The molecule has 0 fully saturated rings. The lowest BCUT2D eigenvalue weighted by molar-refractivity contribution is 0.0691. The normalized spacial score (nSPS) is 12.5. The van der Waals surface area contributed by atoms with Gasteiger partial charge in [0.25, 0.3) is 0 Å². The zero-order chi connectivity index (χ0) is 16.6. The number of hydrogen-bond donors (Lipinski definition) is 1. The molecule has 0 spiro atoms. The molecule has 0 aliphatic heterocycles. The van der Waals surface area contributed by atoms with E-state index in [-0.39, 0.29) is 5.69 Å². The van der Waals surface area contributed by atoms with Gasteiger partial charge in [0.1, 0.15) is 5.75 Å². The molecule has 23 heavy (non-hydrogen) atoms. The molecule has 6 heteroatoms. The molecule has 1 unspecified atom stereocenters. The molecule has 3 aromatic rings. The molecule has 2 heterocycles. The topological polar surface area (TPSA) is 63.8 Å². The number of carboxylic acids is 1. The molecule has 1 N–H and O–H groups in total. The number of rotatable bonds is 5. The Hall–Kier alpha value is -2.34. The van der Waals surface area contributed by atoms with Gasteiger partial charge in [-0.05, 0) is 30.0 Å². The largest absolute Gasteiger partial charge is 0.496 e. The summed E-state index contributed by atoms with van der Waals surface area (Å²) < 4.78 is 7.31. The van der Waals surface area contributed by atoms with Crippen molar-refractivity contribution in [1.82, 2.24) is 9.38 Å². The van der Waals surface area contributed by atoms with Crippen LogP contribution in [0.5, 0.6) is 5.75 Å². The van der Waals surface area contributed by atoms with Crippen molar-refractivity contribution >= 4 is 22.3 Å². The smallest absolute Gasteiger partial charge is 0.356 e. The van der Waals surface area contributed by atoms with E-state index in [2.05, 4.69) is 31.0 Å². The number of methoxy groups -OCH3 is 1. The second kappa shape index (κ2) is 6.04. The van der Waals surface area contributed by atoms with E-state index in [1.165, 1.54) is 16.9 Å². The minimum absolute atomic E-state index is 0.0511. The Morgan fingerprint density at radius 2 is 2.26 bits per heavy atom. The van der Waals surface area contributed by atoms with Crippen LogP contribution in [0.15, 0.2) is 29.8 Å². The van der Waals surface area contributed by atoms with Crippen LogP contribution in [0.25, 0.3) is 16.2 Å². The number of carboxylic acid groups (broad SMARTS) is 1. The molecule has 5 nitrogen and oxygen atoms in total. The molecule has 2 aromatic heterocycles. The first-order valence-electron chi connectivity index (χ1n) is 7.43. The second-order valence-corrected chi connectivity index (χ2v) is 6.31. The second-order valence-electron chi connectivity index (χ2n) is 5.47. The number of hydrogen-bond acceptors (Lipinski definition) is 4. The van der Waals surface area contributed by atoms with Gasteiger partial charge in [-0.1, -0.05) is 19.9 Å². The number of aromatic nitrogens is 2. The average Bonchev–Trinajstić information content (AvgIpc) is 3.14. The first-order valence-corrected chi connectivity index (χ1v) is 8.31. The number of carbonyl (C=O) groups is 1. The Bertz CT molecular complexity index is 866. The van der Waals surface area contributed by atoms with Crippen molar-refractivity contribution in [3.63, 3.8) is 0 Å². The van der Waals surface area contributed by atoms with E-state index in [1.54, 1.807) is 13.3 Å². The molecular weight excluding hydrogens is 312 g/mol. The molecule has 120 valence electrons. The van der Waals surface area contributed by atoms with E-state index >= 15 is 0 Å². The van der Waals surface area contributed by atoms with Crippen molar-refractivity contribution in [1.29, 1.82) is 0 Å². The Morgan fingerprint density at radius 3 is 2.91 bits per heavy atom. The van der Waals surface area contributed by atoms with Crippen molar-refractivity contribution in [3.05, 3.63) is 41.0 Å². The van der Waals surface area contributed by atoms with Gasteiger partial charge in [0.05, 0.1) is 12.8 Å². The fraction of sp³-hybridized carbons (Fsp3) is 0.294. The van der Waals surface area contributed by atoms with Crippen LogP contribution in [-0.2, 0) is 0 Å². The molecule has 1 atom stereocenters. The average molecular weight is 330 g/mol. The summed E-state index contributed by atoms with van der Waals surface area (Å²) in [6.45, 7) is 4.35. The number of ether oxygens (including phenoxy) is 1. The molecule has 0 radical (unpaired) electrons. The fourth-order valence-corrected chi connectivity index (χ4v) is 3.42. The third kappa shape index (κ3) is 2.70. The highest BCUT2D eigenvalue weighted by molar-refractivity contribution is 7.15. The predicted molar refractivity (Wildman–Crippen MR) is 90.7 cm³/mol. The van der Waals surface area contributed by atoms with Crippen molar-refractivity contribution in [2.24, 2.45) is 0 Å². The predicted octanol–water partition coefficient (Wildman–Crippen LogP) is 4.28. The minimum Gasteiger partial charge on any atom is -0.496 e. The van der Waals surface area contributed by atoms with Crippen LogP contribution >= 0.6 is 11.3 Å². The van der Waals surface area contributed by atoms with Crippen LogP contribution in [0.3, 0.4) is 0 Å². The monoisotopic (exact) mass is 330 g/mol.